The van der Waals surface area contributed by atoms with Gasteiger partial charge in [0.2, 0.25) is 0 Å². The average Bonchev–Trinajstić information content (AvgIpc) is 2.96. The number of anilines is 1. The minimum absolute atomic E-state index is 0.0766. The van der Waals surface area contributed by atoms with Crippen LogP contribution in [-0.2, 0) is 16.1 Å². The second-order valence-electron chi connectivity index (χ2n) is 6.88. The van der Waals surface area contributed by atoms with Crippen molar-refractivity contribution in [1.82, 2.24) is 4.90 Å². The van der Waals surface area contributed by atoms with Crippen molar-refractivity contribution in [3.05, 3.63) is 107 Å². The Balaban J connectivity index is 1.73. The summed E-state index contributed by atoms with van der Waals surface area (Å²) in [6.45, 7) is 2.01. The molecule has 1 heterocycles. The van der Waals surface area contributed by atoms with Crippen molar-refractivity contribution in [2.75, 3.05) is 5.32 Å². The number of carbonyl (C=O) groups excluding carboxylic acids is 2. The molecule has 0 spiro atoms. The Kier molecular flexibility index (Phi) is 4.96. The molecule has 144 valence electrons. The number of amides is 2. The van der Waals surface area contributed by atoms with Crippen LogP contribution in [-0.4, -0.2) is 16.7 Å². The second kappa shape index (κ2) is 7.72. The van der Waals surface area contributed by atoms with E-state index in [0.717, 1.165) is 11.3 Å². The highest BCUT2D eigenvalue weighted by Gasteiger charge is 2.39. The summed E-state index contributed by atoms with van der Waals surface area (Å²) < 4.78 is 13.2. The summed E-state index contributed by atoms with van der Waals surface area (Å²) >= 11 is 0. The number of benzene rings is 3. The predicted octanol–water partition coefficient (Wildman–Crippen LogP) is 4.53. The van der Waals surface area contributed by atoms with Crippen molar-refractivity contribution < 1.29 is 14.0 Å². The van der Waals surface area contributed by atoms with Crippen molar-refractivity contribution in [2.24, 2.45) is 0 Å². The molecule has 0 aliphatic carbocycles. The molecule has 1 aliphatic rings. The van der Waals surface area contributed by atoms with Crippen LogP contribution in [0.2, 0.25) is 0 Å². The molecule has 1 aliphatic heterocycles. The molecule has 0 saturated heterocycles. The maximum atomic E-state index is 13.2. The van der Waals surface area contributed by atoms with Crippen LogP contribution in [0.3, 0.4) is 0 Å². The molecule has 2 amide bonds. The van der Waals surface area contributed by atoms with Crippen LogP contribution < -0.4 is 5.32 Å². The van der Waals surface area contributed by atoms with Gasteiger partial charge in [-0.25, -0.2) is 4.39 Å². The number of para-hydroxylation sites is 1. The molecular weight excluding hydrogens is 367 g/mol. The first-order chi connectivity index (χ1) is 14.0. The summed E-state index contributed by atoms with van der Waals surface area (Å²) in [6, 6.07) is 22.5. The fraction of sp³-hybridized carbons (Fsp3) is 0.0833. The summed E-state index contributed by atoms with van der Waals surface area (Å²) in [5, 5.41) is 3.17. The van der Waals surface area contributed by atoms with Gasteiger partial charge in [0.05, 0.1) is 12.1 Å². The van der Waals surface area contributed by atoms with Gasteiger partial charge in [-0.05, 0) is 41.8 Å². The van der Waals surface area contributed by atoms with E-state index < -0.39 is 5.91 Å². The zero-order valence-electron chi connectivity index (χ0n) is 15.9. The van der Waals surface area contributed by atoms with Gasteiger partial charge in [-0.3, -0.25) is 14.5 Å². The Morgan fingerprint density at radius 1 is 0.828 bits per heavy atom. The summed E-state index contributed by atoms with van der Waals surface area (Å²) in [5.74, 6) is -1.14. The number of hydrogen-bond acceptors (Lipinski definition) is 3. The summed E-state index contributed by atoms with van der Waals surface area (Å²) in [4.78, 5) is 27.6. The van der Waals surface area contributed by atoms with E-state index in [9.17, 15) is 14.0 Å². The van der Waals surface area contributed by atoms with Crippen molar-refractivity contribution in [3.8, 4) is 0 Å². The quantitative estimate of drug-likeness (QED) is 0.656. The van der Waals surface area contributed by atoms with Crippen LogP contribution in [0.25, 0.3) is 5.57 Å². The van der Waals surface area contributed by atoms with Crippen LogP contribution in [0.1, 0.15) is 16.7 Å². The third kappa shape index (κ3) is 3.67. The highest BCUT2D eigenvalue weighted by atomic mass is 19.1. The van der Waals surface area contributed by atoms with E-state index in [2.05, 4.69) is 5.32 Å². The smallest absolute Gasteiger partial charge is 0.278 e. The Morgan fingerprint density at radius 2 is 1.48 bits per heavy atom. The lowest BCUT2D eigenvalue weighted by molar-refractivity contribution is -0.137. The fourth-order valence-corrected chi connectivity index (χ4v) is 3.33. The minimum Gasteiger partial charge on any atom is -0.350 e. The van der Waals surface area contributed by atoms with E-state index in [1.54, 1.807) is 24.3 Å². The van der Waals surface area contributed by atoms with E-state index in [0.29, 0.717) is 16.7 Å². The standard InChI is InChI=1S/C24H19FN2O2/c1-16-7-5-6-10-20(16)26-22-21(18-8-3-2-4-9-18)23(28)27(24(22)29)15-17-11-13-19(25)14-12-17/h2-14,26H,15H2,1H3. The predicted molar refractivity (Wildman–Crippen MR) is 110 cm³/mol. The second-order valence-corrected chi connectivity index (χ2v) is 6.88. The Hall–Kier alpha value is -3.73. The van der Waals surface area contributed by atoms with Crippen LogP contribution in [0.5, 0.6) is 0 Å². The number of carbonyl (C=O) groups is 2. The largest absolute Gasteiger partial charge is 0.350 e. The summed E-state index contributed by atoms with van der Waals surface area (Å²) in [7, 11) is 0. The van der Waals surface area contributed by atoms with Gasteiger partial charge in [-0.1, -0.05) is 60.7 Å². The molecule has 4 nitrogen and oxygen atoms in total. The van der Waals surface area contributed by atoms with Crippen LogP contribution in [0, 0.1) is 12.7 Å². The van der Waals surface area contributed by atoms with Crippen molar-refractivity contribution >= 4 is 23.1 Å². The number of imide groups is 1. The SMILES string of the molecule is Cc1ccccc1NC1=C(c2ccccc2)C(=O)N(Cc2ccc(F)cc2)C1=O. The number of nitrogens with zero attached hydrogens (tertiary/aromatic N) is 1. The number of hydrogen-bond donors (Lipinski definition) is 1. The maximum absolute atomic E-state index is 13.2. The normalized spacial score (nSPS) is 13.9. The van der Waals surface area contributed by atoms with Crippen LogP contribution in [0.15, 0.2) is 84.6 Å². The van der Waals surface area contributed by atoms with E-state index in [-0.39, 0.29) is 24.0 Å². The van der Waals surface area contributed by atoms with Gasteiger partial charge in [0.15, 0.2) is 0 Å². The number of rotatable bonds is 5. The van der Waals surface area contributed by atoms with Gasteiger partial charge >= 0.3 is 0 Å². The topological polar surface area (TPSA) is 49.4 Å². The average molecular weight is 386 g/mol. The molecule has 0 bridgehead atoms. The lowest BCUT2D eigenvalue weighted by Crippen LogP contribution is -2.32. The van der Waals surface area contributed by atoms with Crippen molar-refractivity contribution in [3.63, 3.8) is 0 Å². The van der Waals surface area contributed by atoms with Gasteiger partial charge in [-0.2, -0.15) is 0 Å². The fourth-order valence-electron chi connectivity index (χ4n) is 3.33. The molecule has 5 heteroatoms. The molecule has 4 rings (SSSR count). The van der Waals surface area contributed by atoms with Gasteiger partial charge in [0.1, 0.15) is 11.5 Å². The van der Waals surface area contributed by atoms with Crippen LogP contribution >= 0.6 is 0 Å². The number of halogens is 1. The van der Waals surface area contributed by atoms with Gasteiger partial charge < -0.3 is 5.32 Å². The third-order valence-corrected chi connectivity index (χ3v) is 4.89. The zero-order chi connectivity index (χ0) is 20.4. The first kappa shape index (κ1) is 18.6. The Labute approximate surface area is 168 Å². The molecule has 0 radical (unpaired) electrons. The highest BCUT2D eigenvalue weighted by molar-refractivity contribution is 6.36. The minimum atomic E-state index is -0.401. The van der Waals surface area contributed by atoms with E-state index in [1.807, 2.05) is 49.4 Å². The molecule has 0 fully saturated rings. The molecule has 0 saturated carbocycles. The number of nitrogens with one attached hydrogen (secondary N) is 1. The van der Waals surface area contributed by atoms with Crippen molar-refractivity contribution in [2.45, 2.75) is 13.5 Å². The Morgan fingerprint density at radius 3 is 2.17 bits per heavy atom. The molecule has 1 N–H and O–H groups in total. The molecule has 0 unspecified atom stereocenters. The van der Waals surface area contributed by atoms with E-state index >= 15 is 0 Å². The lowest BCUT2D eigenvalue weighted by atomic mass is 10.0. The number of aryl methyl sites for hydroxylation is 1. The van der Waals surface area contributed by atoms with E-state index in [1.165, 1.54) is 17.0 Å². The van der Waals surface area contributed by atoms with E-state index in [4.69, 9.17) is 0 Å². The highest BCUT2D eigenvalue weighted by Crippen LogP contribution is 2.32. The van der Waals surface area contributed by atoms with Crippen molar-refractivity contribution in [1.29, 1.82) is 0 Å². The maximum Gasteiger partial charge on any atom is 0.278 e. The summed E-state index contributed by atoms with van der Waals surface area (Å²) in [6.07, 6.45) is 0. The molecule has 3 aromatic carbocycles. The first-order valence-corrected chi connectivity index (χ1v) is 9.27. The monoisotopic (exact) mass is 386 g/mol. The molecular formula is C24H19FN2O2. The zero-order valence-corrected chi connectivity index (χ0v) is 15.9. The molecule has 0 aromatic heterocycles. The lowest BCUT2D eigenvalue weighted by Gasteiger charge is -2.16. The van der Waals surface area contributed by atoms with Gasteiger partial charge in [-0.15, -0.1) is 0 Å². The first-order valence-electron chi connectivity index (χ1n) is 9.27. The molecule has 3 aromatic rings. The van der Waals surface area contributed by atoms with Crippen LogP contribution in [0.4, 0.5) is 10.1 Å². The Bertz CT molecular complexity index is 1110. The molecule has 29 heavy (non-hydrogen) atoms. The van der Waals surface area contributed by atoms with Gasteiger partial charge in [0.25, 0.3) is 11.8 Å². The summed E-state index contributed by atoms with van der Waals surface area (Å²) in [5.41, 5.74) is 3.66. The van der Waals surface area contributed by atoms with Gasteiger partial charge in [0, 0.05) is 5.69 Å². The molecule has 0 atom stereocenters. The third-order valence-electron chi connectivity index (χ3n) is 4.89.